The summed E-state index contributed by atoms with van der Waals surface area (Å²) in [5.41, 5.74) is 5.68. The van der Waals surface area contributed by atoms with Crippen molar-refractivity contribution in [2.45, 2.75) is 25.9 Å². The number of nitrogens with zero attached hydrogens (tertiary/aromatic N) is 1. The lowest BCUT2D eigenvalue weighted by Crippen LogP contribution is -2.32. The van der Waals surface area contributed by atoms with Crippen molar-refractivity contribution in [1.29, 1.82) is 0 Å². The highest BCUT2D eigenvalue weighted by molar-refractivity contribution is 5.74. The van der Waals surface area contributed by atoms with Crippen LogP contribution in [0.15, 0.2) is 18.2 Å². The third-order valence-corrected chi connectivity index (χ3v) is 2.92. The van der Waals surface area contributed by atoms with Crippen LogP contribution in [0.4, 0.5) is 4.39 Å². The number of primary amides is 1. The van der Waals surface area contributed by atoms with Crippen LogP contribution in [0.5, 0.6) is 5.75 Å². The topological polar surface area (TPSA) is 55.6 Å². The quantitative estimate of drug-likeness (QED) is 0.837. The fourth-order valence-electron chi connectivity index (χ4n) is 1.67. The van der Waals surface area contributed by atoms with Crippen LogP contribution in [-0.4, -0.2) is 31.0 Å². The van der Waals surface area contributed by atoms with E-state index >= 15 is 0 Å². The van der Waals surface area contributed by atoms with E-state index in [1.54, 1.807) is 12.1 Å². The Labute approximate surface area is 107 Å². The van der Waals surface area contributed by atoms with E-state index in [-0.39, 0.29) is 24.2 Å². The molecule has 2 N–H and O–H groups in total. The normalized spacial score (nSPS) is 12.5. The molecule has 1 unspecified atom stereocenters. The molecule has 1 aromatic carbocycles. The minimum absolute atomic E-state index is 0.0342. The summed E-state index contributed by atoms with van der Waals surface area (Å²) in [5, 5.41) is 0. The van der Waals surface area contributed by atoms with Crippen molar-refractivity contribution in [3.63, 3.8) is 0 Å². The molecule has 0 bridgehead atoms. The molecular weight excluding hydrogens is 235 g/mol. The van der Waals surface area contributed by atoms with Gasteiger partial charge in [0.1, 0.15) is 11.6 Å². The fraction of sp³-hybridized carbons (Fsp3) is 0.462. The molecule has 0 saturated heterocycles. The summed E-state index contributed by atoms with van der Waals surface area (Å²) in [4.78, 5) is 12.7. The lowest BCUT2D eigenvalue weighted by molar-refractivity contribution is -0.119. The van der Waals surface area contributed by atoms with E-state index in [1.807, 2.05) is 18.9 Å². The number of hydrogen-bond acceptors (Lipinski definition) is 3. The first-order valence-electron chi connectivity index (χ1n) is 5.75. The predicted octanol–water partition coefficient (Wildman–Crippen LogP) is 1.53. The van der Waals surface area contributed by atoms with E-state index in [0.717, 1.165) is 0 Å². The zero-order valence-electron chi connectivity index (χ0n) is 10.9. The van der Waals surface area contributed by atoms with Crippen molar-refractivity contribution in [3.05, 3.63) is 29.6 Å². The average molecular weight is 254 g/mol. The molecule has 4 nitrogen and oxygen atoms in total. The monoisotopic (exact) mass is 254 g/mol. The van der Waals surface area contributed by atoms with Gasteiger partial charge in [-0.05, 0) is 32.2 Å². The number of benzene rings is 1. The molecule has 0 aliphatic carbocycles. The lowest BCUT2D eigenvalue weighted by atomic mass is 10.1. The average Bonchev–Trinajstić information content (AvgIpc) is 2.31. The largest absolute Gasteiger partial charge is 0.497 e. The molecule has 0 aromatic heterocycles. The first-order chi connectivity index (χ1) is 8.43. The van der Waals surface area contributed by atoms with E-state index in [2.05, 4.69) is 0 Å². The lowest BCUT2D eigenvalue weighted by Gasteiger charge is -2.24. The molecule has 0 aliphatic rings. The number of carbonyl (C=O) groups excluding carboxylic acids is 1. The minimum atomic E-state index is -0.361. The van der Waals surface area contributed by atoms with Crippen LogP contribution in [0.25, 0.3) is 0 Å². The maximum atomic E-state index is 13.6. The van der Waals surface area contributed by atoms with E-state index < -0.39 is 0 Å². The summed E-state index contributed by atoms with van der Waals surface area (Å²) >= 11 is 0. The van der Waals surface area contributed by atoms with Crippen molar-refractivity contribution in [1.82, 2.24) is 4.90 Å². The highest BCUT2D eigenvalue weighted by atomic mass is 19.1. The maximum Gasteiger partial charge on any atom is 0.218 e. The molecule has 1 atom stereocenters. The highest BCUT2D eigenvalue weighted by Gasteiger charge is 2.14. The third kappa shape index (κ3) is 4.00. The summed E-state index contributed by atoms with van der Waals surface area (Å²) in [6, 6.07) is 4.57. The Hall–Kier alpha value is -1.62. The number of amides is 1. The Morgan fingerprint density at radius 1 is 1.56 bits per heavy atom. The van der Waals surface area contributed by atoms with Crippen LogP contribution >= 0.6 is 0 Å². The molecule has 0 heterocycles. The Morgan fingerprint density at radius 3 is 2.78 bits per heavy atom. The van der Waals surface area contributed by atoms with Crippen molar-refractivity contribution in [2.75, 3.05) is 14.2 Å². The summed E-state index contributed by atoms with van der Waals surface area (Å²) in [6.45, 7) is 2.28. The Bertz CT molecular complexity index is 423. The second-order valence-corrected chi connectivity index (χ2v) is 4.39. The van der Waals surface area contributed by atoms with Crippen molar-refractivity contribution < 1.29 is 13.9 Å². The molecule has 18 heavy (non-hydrogen) atoms. The van der Waals surface area contributed by atoms with Crippen LogP contribution in [0, 0.1) is 5.82 Å². The predicted molar refractivity (Wildman–Crippen MR) is 67.7 cm³/mol. The Kier molecular flexibility index (Phi) is 5.09. The van der Waals surface area contributed by atoms with E-state index in [1.165, 1.54) is 13.2 Å². The fourth-order valence-corrected chi connectivity index (χ4v) is 1.67. The standard InChI is InChI=1S/C13H19FN2O2/c1-9(6-13(15)17)16(2)8-10-7-11(18-3)4-5-12(10)14/h4-5,7,9H,6,8H2,1-3H3,(H2,15,17). The molecule has 1 rings (SSSR count). The summed E-state index contributed by atoms with van der Waals surface area (Å²) in [6.07, 6.45) is 0.252. The highest BCUT2D eigenvalue weighted by Crippen LogP contribution is 2.18. The third-order valence-electron chi connectivity index (χ3n) is 2.92. The molecule has 5 heteroatoms. The molecule has 100 valence electrons. The minimum Gasteiger partial charge on any atom is -0.497 e. The molecule has 0 saturated carbocycles. The van der Waals surface area contributed by atoms with Crippen LogP contribution in [-0.2, 0) is 11.3 Å². The van der Waals surface area contributed by atoms with Gasteiger partial charge in [0.2, 0.25) is 5.91 Å². The first kappa shape index (κ1) is 14.4. The number of methoxy groups -OCH3 is 1. The van der Waals surface area contributed by atoms with Crippen LogP contribution in [0.2, 0.25) is 0 Å². The van der Waals surface area contributed by atoms with Gasteiger partial charge in [-0.3, -0.25) is 9.69 Å². The number of ether oxygens (including phenoxy) is 1. The number of halogens is 1. The van der Waals surface area contributed by atoms with Gasteiger partial charge in [0.25, 0.3) is 0 Å². The number of hydrogen-bond donors (Lipinski definition) is 1. The van der Waals surface area contributed by atoms with Gasteiger partial charge < -0.3 is 10.5 Å². The van der Waals surface area contributed by atoms with Gasteiger partial charge in [-0.15, -0.1) is 0 Å². The van der Waals surface area contributed by atoms with Crippen molar-refractivity contribution in [3.8, 4) is 5.75 Å². The smallest absolute Gasteiger partial charge is 0.218 e. The van der Waals surface area contributed by atoms with Crippen LogP contribution < -0.4 is 10.5 Å². The van der Waals surface area contributed by atoms with Gasteiger partial charge in [-0.25, -0.2) is 4.39 Å². The molecular formula is C13H19FN2O2. The summed E-state index contributed by atoms with van der Waals surface area (Å²) < 4.78 is 18.7. The maximum absolute atomic E-state index is 13.6. The van der Waals surface area contributed by atoms with E-state index in [4.69, 9.17) is 10.5 Å². The zero-order chi connectivity index (χ0) is 13.7. The molecule has 0 radical (unpaired) electrons. The Morgan fingerprint density at radius 2 is 2.22 bits per heavy atom. The second kappa shape index (κ2) is 6.35. The van der Waals surface area contributed by atoms with Crippen molar-refractivity contribution >= 4 is 5.91 Å². The van der Waals surface area contributed by atoms with Gasteiger partial charge in [-0.2, -0.15) is 0 Å². The Balaban J connectivity index is 2.74. The van der Waals surface area contributed by atoms with Gasteiger partial charge in [0.15, 0.2) is 0 Å². The van der Waals surface area contributed by atoms with Crippen LogP contribution in [0.1, 0.15) is 18.9 Å². The number of carbonyl (C=O) groups is 1. The molecule has 0 fully saturated rings. The van der Waals surface area contributed by atoms with Gasteiger partial charge in [-0.1, -0.05) is 0 Å². The first-order valence-corrected chi connectivity index (χ1v) is 5.75. The second-order valence-electron chi connectivity index (χ2n) is 4.39. The molecule has 0 aliphatic heterocycles. The summed E-state index contributed by atoms with van der Waals surface area (Å²) in [7, 11) is 3.36. The SMILES string of the molecule is COc1ccc(F)c(CN(C)C(C)CC(N)=O)c1. The van der Waals surface area contributed by atoms with Gasteiger partial charge >= 0.3 is 0 Å². The van der Waals surface area contributed by atoms with Crippen molar-refractivity contribution in [2.24, 2.45) is 5.73 Å². The molecule has 1 aromatic rings. The number of nitrogens with two attached hydrogens (primary N) is 1. The van der Waals surface area contributed by atoms with E-state index in [0.29, 0.717) is 17.9 Å². The van der Waals surface area contributed by atoms with E-state index in [9.17, 15) is 9.18 Å². The summed E-state index contributed by atoms with van der Waals surface area (Å²) in [5.74, 6) is -0.0308. The molecule has 0 spiro atoms. The zero-order valence-corrected chi connectivity index (χ0v) is 10.9. The van der Waals surface area contributed by atoms with Gasteiger partial charge in [0.05, 0.1) is 7.11 Å². The van der Waals surface area contributed by atoms with Crippen LogP contribution in [0.3, 0.4) is 0 Å². The molecule has 1 amide bonds. The number of rotatable bonds is 6. The van der Waals surface area contributed by atoms with Gasteiger partial charge in [0, 0.05) is 24.6 Å².